The van der Waals surface area contributed by atoms with Crippen molar-refractivity contribution in [2.24, 2.45) is 13.0 Å². The molecule has 0 bridgehead atoms. The number of halogens is 1. The van der Waals surface area contributed by atoms with Crippen molar-refractivity contribution in [1.82, 2.24) is 29.2 Å². The summed E-state index contributed by atoms with van der Waals surface area (Å²) < 4.78 is 5.60. The number of nitrogens with zero attached hydrogens (tertiary/aromatic N) is 5. The Morgan fingerprint density at radius 3 is 2.51 bits per heavy atom. The van der Waals surface area contributed by atoms with Gasteiger partial charge in [-0.2, -0.15) is 5.10 Å². The molecule has 6 rings (SSSR count). The molecular formula is C30H31ClN6O2. The first-order chi connectivity index (χ1) is 18.8. The van der Waals surface area contributed by atoms with Gasteiger partial charge in [0.1, 0.15) is 0 Å². The molecule has 0 atom stereocenters. The molecule has 1 aliphatic rings. The number of fused-ring (bicyclic) bond motifs is 2. The third-order valence-electron chi connectivity index (χ3n) is 8.03. The number of rotatable bonds is 5. The Morgan fingerprint density at radius 1 is 1.00 bits per heavy atom. The number of hydrogen-bond donors (Lipinski definition) is 1. The maximum absolute atomic E-state index is 13.8. The van der Waals surface area contributed by atoms with Crippen LogP contribution in [0.15, 0.2) is 59.5 Å². The predicted octanol–water partition coefficient (Wildman–Crippen LogP) is 5.33. The minimum atomic E-state index is -0.133. The zero-order chi connectivity index (χ0) is 27.3. The summed E-state index contributed by atoms with van der Waals surface area (Å²) >= 11 is 6.05. The molecule has 9 heteroatoms. The summed E-state index contributed by atoms with van der Waals surface area (Å²) in [6.07, 6.45) is 5.16. The average molecular weight is 543 g/mol. The smallest absolute Gasteiger partial charge is 0.333 e. The van der Waals surface area contributed by atoms with Crippen LogP contribution < -0.4 is 11.0 Å². The molecule has 5 aromatic rings. The number of carbonyl (C=O) groups is 1. The molecule has 1 saturated carbocycles. The van der Waals surface area contributed by atoms with E-state index in [-0.39, 0.29) is 17.6 Å². The van der Waals surface area contributed by atoms with Crippen LogP contribution >= 0.6 is 11.6 Å². The molecule has 3 aromatic heterocycles. The van der Waals surface area contributed by atoms with Crippen LogP contribution in [0.1, 0.15) is 47.4 Å². The highest BCUT2D eigenvalue weighted by molar-refractivity contribution is 6.30. The highest BCUT2D eigenvalue weighted by Gasteiger charge is 2.26. The largest absolute Gasteiger partial charge is 0.349 e. The van der Waals surface area contributed by atoms with Gasteiger partial charge in [0.05, 0.1) is 44.2 Å². The number of hydrogen-bond acceptors (Lipinski definition) is 4. The third kappa shape index (κ3) is 4.63. The number of nitrogens with one attached hydrogen (secondary N) is 1. The molecule has 0 aliphatic heterocycles. The summed E-state index contributed by atoms with van der Waals surface area (Å²) in [4.78, 5) is 30.9. The van der Waals surface area contributed by atoms with Crippen molar-refractivity contribution in [3.63, 3.8) is 0 Å². The number of pyridine rings is 1. The Hall–Kier alpha value is -3.91. The van der Waals surface area contributed by atoms with Crippen molar-refractivity contribution in [1.29, 1.82) is 0 Å². The molecule has 1 amide bonds. The monoisotopic (exact) mass is 542 g/mol. The van der Waals surface area contributed by atoms with Gasteiger partial charge in [-0.3, -0.25) is 23.6 Å². The number of para-hydroxylation sites is 2. The molecule has 39 heavy (non-hydrogen) atoms. The van der Waals surface area contributed by atoms with E-state index in [1.165, 1.54) is 0 Å². The molecule has 200 valence electrons. The highest BCUT2D eigenvalue weighted by atomic mass is 35.5. The SMILES string of the molecule is Cc1ncc(Cl)cc1C(=O)NC1CCC(Cn2c(=O)n(-c3ccc4c(c3)c(C)nn4C)c3ccccc32)CC1. The third-order valence-corrected chi connectivity index (χ3v) is 8.24. The van der Waals surface area contributed by atoms with Crippen molar-refractivity contribution in [3.8, 4) is 5.69 Å². The van der Waals surface area contributed by atoms with Crippen LogP contribution in [0.25, 0.3) is 27.6 Å². The number of aromatic nitrogens is 5. The Balaban J connectivity index is 1.22. The summed E-state index contributed by atoms with van der Waals surface area (Å²) in [6.45, 7) is 4.45. The quantitative estimate of drug-likeness (QED) is 0.325. The van der Waals surface area contributed by atoms with Crippen LogP contribution in [-0.4, -0.2) is 35.8 Å². The van der Waals surface area contributed by atoms with Gasteiger partial charge < -0.3 is 5.32 Å². The zero-order valence-electron chi connectivity index (χ0n) is 22.3. The van der Waals surface area contributed by atoms with Crippen LogP contribution in [0.3, 0.4) is 0 Å². The lowest BCUT2D eigenvalue weighted by Crippen LogP contribution is -2.39. The standard InChI is InChI=1S/C30H31ClN6O2/c1-18-25(14-21(31)16-32-18)29(38)33-22-10-8-20(9-11-22)17-36-27-6-4-5-7-28(27)37(30(36)39)23-12-13-26-24(15-23)19(2)34-35(26)3/h4-7,12-16,20,22H,8-11,17H2,1-3H3,(H,33,38). The van der Waals surface area contributed by atoms with Crippen molar-refractivity contribution < 1.29 is 4.79 Å². The van der Waals surface area contributed by atoms with Crippen molar-refractivity contribution >= 4 is 39.4 Å². The lowest BCUT2D eigenvalue weighted by atomic mass is 9.85. The molecule has 1 N–H and O–H groups in total. The van der Waals surface area contributed by atoms with Gasteiger partial charge in [0.25, 0.3) is 5.91 Å². The van der Waals surface area contributed by atoms with Gasteiger partial charge in [0.15, 0.2) is 0 Å². The van der Waals surface area contributed by atoms with Gasteiger partial charge in [-0.1, -0.05) is 23.7 Å². The minimum absolute atomic E-state index is 0.0311. The second-order valence-electron chi connectivity index (χ2n) is 10.6. The fraction of sp³-hybridized carbons (Fsp3) is 0.333. The molecule has 1 aliphatic carbocycles. The fourth-order valence-electron chi connectivity index (χ4n) is 5.95. The molecule has 0 spiro atoms. The van der Waals surface area contributed by atoms with Gasteiger partial charge in [-0.25, -0.2) is 4.79 Å². The summed E-state index contributed by atoms with van der Waals surface area (Å²) in [6, 6.07) is 15.8. The number of aryl methyl sites for hydroxylation is 3. The molecule has 0 radical (unpaired) electrons. The lowest BCUT2D eigenvalue weighted by molar-refractivity contribution is 0.0919. The molecule has 8 nitrogen and oxygen atoms in total. The van der Waals surface area contributed by atoms with E-state index in [4.69, 9.17) is 11.6 Å². The van der Waals surface area contributed by atoms with Crippen LogP contribution in [0, 0.1) is 19.8 Å². The summed E-state index contributed by atoms with van der Waals surface area (Å²) in [5.74, 6) is 0.221. The molecular weight excluding hydrogens is 512 g/mol. The fourth-order valence-corrected chi connectivity index (χ4v) is 6.11. The van der Waals surface area contributed by atoms with E-state index in [1.54, 1.807) is 12.3 Å². The number of carbonyl (C=O) groups excluding carboxylic acids is 1. The predicted molar refractivity (Wildman–Crippen MR) is 154 cm³/mol. The van der Waals surface area contributed by atoms with Crippen LogP contribution in [0.5, 0.6) is 0 Å². The topological polar surface area (TPSA) is 86.7 Å². The van der Waals surface area contributed by atoms with E-state index in [0.717, 1.165) is 59.0 Å². The van der Waals surface area contributed by atoms with E-state index in [1.807, 2.05) is 71.1 Å². The highest BCUT2D eigenvalue weighted by Crippen LogP contribution is 2.28. The molecule has 1 fully saturated rings. The van der Waals surface area contributed by atoms with Crippen LogP contribution in [0.4, 0.5) is 0 Å². The molecule has 2 aromatic carbocycles. The summed E-state index contributed by atoms with van der Waals surface area (Å²) in [5.41, 5.74) is 5.81. The van der Waals surface area contributed by atoms with Crippen LogP contribution in [-0.2, 0) is 13.6 Å². The minimum Gasteiger partial charge on any atom is -0.349 e. The zero-order valence-corrected chi connectivity index (χ0v) is 23.1. The second kappa shape index (κ2) is 10.0. The van der Waals surface area contributed by atoms with E-state index >= 15 is 0 Å². The first-order valence-electron chi connectivity index (χ1n) is 13.4. The summed E-state index contributed by atoms with van der Waals surface area (Å²) in [5, 5.41) is 9.19. The maximum Gasteiger partial charge on any atom is 0.333 e. The van der Waals surface area contributed by atoms with E-state index in [2.05, 4.69) is 21.5 Å². The molecule has 0 unspecified atom stereocenters. The maximum atomic E-state index is 13.8. The normalized spacial score (nSPS) is 17.6. The van der Waals surface area contributed by atoms with Gasteiger partial charge >= 0.3 is 5.69 Å². The van der Waals surface area contributed by atoms with E-state index in [9.17, 15) is 9.59 Å². The van der Waals surface area contributed by atoms with Gasteiger partial charge in [-0.05, 0) is 81.8 Å². The Morgan fingerprint density at radius 2 is 1.74 bits per heavy atom. The van der Waals surface area contributed by atoms with Crippen molar-refractivity contribution in [2.45, 2.75) is 52.1 Å². The average Bonchev–Trinajstić information content (AvgIpc) is 3.37. The second-order valence-corrected chi connectivity index (χ2v) is 11.0. The Bertz CT molecular complexity index is 1770. The van der Waals surface area contributed by atoms with Gasteiger partial charge in [0.2, 0.25) is 0 Å². The van der Waals surface area contributed by atoms with E-state index < -0.39 is 0 Å². The van der Waals surface area contributed by atoms with Crippen molar-refractivity contribution in [3.05, 3.63) is 87.2 Å². The van der Waals surface area contributed by atoms with E-state index in [0.29, 0.717) is 28.7 Å². The Kier molecular flexibility index (Phi) is 6.51. The van der Waals surface area contributed by atoms with Gasteiger partial charge in [0, 0.05) is 31.2 Å². The first-order valence-corrected chi connectivity index (χ1v) is 13.7. The number of imidazole rings is 1. The summed E-state index contributed by atoms with van der Waals surface area (Å²) in [7, 11) is 1.93. The number of benzene rings is 2. The number of amides is 1. The van der Waals surface area contributed by atoms with Crippen LogP contribution in [0.2, 0.25) is 5.02 Å². The molecule has 3 heterocycles. The lowest BCUT2D eigenvalue weighted by Gasteiger charge is -2.29. The van der Waals surface area contributed by atoms with Gasteiger partial charge in [-0.15, -0.1) is 0 Å². The Labute approximate surface area is 231 Å². The van der Waals surface area contributed by atoms with Crippen molar-refractivity contribution in [2.75, 3.05) is 0 Å². The molecule has 0 saturated heterocycles. The first kappa shape index (κ1) is 25.4.